The van der Waals surface area contributed by atoms with Crippen molar-refractivity contribution >= 4 is 21.5 Å². The van der Waals surface area contributed by atoms with Crippen LogP contribution in [0.3, 0.4) is 0 Å². The van der Waals surface area contributed by atoms with Crippen LogP contribution in [0.15, 0.2) is 41.4 Å². The highest BCUT2D eigenvalue weighted by atomic mass is 32.2. The lowest BCUT2D eigenvalue weighted by Gasteiger charge is -2.12. The van der Waals surface area contributed by atoms with E-state index in [0.717, 1.165) is 13.1 Å². The molecule has 0 saturated carbocycles. The SMILES string of the molecule is CN(C)CCNc1ccc(NS(=O)(=O)c2ccc3c(c2)OCO3)cn1. The molecule has 25 heavy (non-hydrogen) atoms. The fraction of sp³-hybridized carbons (Fsp3) is 0.312. The predicted molar refractivity (Wildman–Crippen MR) is 94.7 cm³/mol. The Labute approximate surface area is 146 Å². The Hall–Kier alpha value is -2.52. The van der Waals surface area contributed by atoms with Crippen molar-refractivity contribution in [1.29, 1.82) is 0 Å². The standard InChI is InChI=1S/C16H20N4O4S/c1-20(2)8-7-17-16-6-3-12(10-18-16)19-25(21,22)13-4-5-14-15(9-13)24-11-23-14/h3-6,9-10,19H,7-8,11H2,1-2H3,(H,17,18). The molecular weight excluding hydrogens is 344 g/mol. The highest BCUT2D eigenvalue weighted by molar-refractivity contribution is 7.92. The van der Waals surface area contributed by atoms with Gasteiger partial charge in [0.05, 0.1) is 16.8 Å². The lowest BCUT2D eigenvalue weighted by Crippen LogP contribution is -2.21. The zero-order valence-corrected chi connectivity index (χ0v) is 14.8. The van der Waals surface area contributed by atoms with Crippen molar-refractivity contribution in [2.75, 3.05) is 44.0 Å². The molecule has 0 bridgehead atoms. The molecule has 1 aliphatic rings. The van der Waals surface area contributed by atoms with Gasteiger partial charge in [0, 0.05) is 19.2 Å². The smallest absolute Gasteiger partial charge is 0.262 e. The number of fused-ring (bicyclic) bond motifs is 1. The third kappa shape index (κ3) is 4.31. The Morgan fingerprint density at radius 3 is 2.68 bits per heavy atom. The first-order valence-corrected chi connectivity index (χ1v) is 9.19. The summed E-state index contributed by atoms with van der Waals surface area (Å²) in [6.07, 6.45) is 1.47. The van der Waals surface area contributed by atoms with Gasteiger partial charge in [-0.25, -0.2) is 13.4 Å². The second-order valence-electron chi connectivity index (χ2n) is 5.78. The number of pyridine rings is 1. The Balaban J connectivity index is 1.66. The molecule has 1 aliphatic heterocycles. The molecule has 0 saturated heterocycles. The van der Waals surface area contributed by atoms with E-state index in [-0.39, 0.29) is 11.7 Å². The van der Waals surface area contributed by atoms with Crippen LogP contribution in [0.25, 0.3) is 0 Å². The second-order valence-corrected chi connectivity index (χ2v) is 7.47. The van der Waals surface area contributed by atoms with Crippen molar-refractivity contribution in [3.63, 3.8) is 0 Å². The molecule has 0 unspecified atom stereocenters. The molecule has 1 aromatic heterocycles. The molecule has 2 heterocycles. The first-order chi connectivity index (χ1) is 11.9. The van der Waals surface area contributed by atoms with Crippen LogP contribution in [0.5, 0.6) is 11.5 Å². The third-order valence-electron chi connectivity index (χ3n) is 3.54. The average molecular weight is 364 g/mol. The normalized spacial score (nSPS) is 13.1. The summed E-state index contributed by atoms with van der Waals surface area (Å²) < 4.78 is 37.9. The monoisotopic (exact) mass is 364 g/mol. The third-order valence-corrected chi connectivity index (χ3v) is 4.91. The Morgan fingerprint density at radius 1 is 1.16 bits per heavy atom. The van der Waals surface area contributed by atoms with Crippen LogP contribution >= 0.6 is 0 Å². The van der Waals surface area contributed by atoms with Gasteiger partial charge in [0.1, 0.15) is 5.82 Å². The first kappa shape index (κ1) is 17.3. The molecule has 8 nitrogen and oxygen atoms in total. The van der Waals surface area contributed by atoms with Crippen molar-refractivity contribution in [1.82, 2.24) is 9.88 Å². The van der Waals surface area contributed by atoms with Crippen LogP contribution in [0.2, 0.25) is 0 Å². The summed E-state index contributed by atoms with van der Waals surface area (Å²) in [5.74, 6) is 1.64. The van der Waals surface area contributed by atoms with Crippen LogP contribution in [-0.4, -0.2) is 52.3 Å². The quantitative estimate of drug-likeness (QED) is 0.770. The number of anilines is 2. The molecule has 3 rings (SSSR count). The van der Waals surface area contributed by atoms with Gasteiger partial charge in [-0.2, -0.15) is 0 Å². The zero-order valence-electron chi connectivity index (χ0n) is 14.0. The Morgan fingerprint density at radius 2 is 1.96 bits per heavy atom. The van der Waals surface area contributed by atoms with Gasteiger partial charge in [-0.3, -0.25) is 4.72 Å². The van der Waals surface area contributed by atoms with E-state index >= 15 is 0 Å². The number of benzene rings is 1. The molecule has 0 spiro atoms. The van der Waals surface area contributed by atoms with Crippen LogP contribution in [-0.2, 0) is 10.0 Å². The van der Waals surface area contributed by atoms with Crippen LogP contribution in [0.1, 0.15) is 0 Å². The summed E-state index contributed by atoms with van der Waals surface area (Å²) in [6, 6.07) is 7.88. The lowest BCUT2D eigenvalue weighted by molar-refractivity contribution is 0.174. The fourth-order valence-electron chi connectivity index (χ4n) is 2.22. The highest BCUT2D eigenvalue weighted by Gasteiger charge is 2.20. The van der Waals surface area contributed by atoms with E-state index in [1.807, 2.05) is 14.1 Å². The molecule has 0 radical (unpaired) electrons. The largest absolute Gasteiger partial charge is 0.454 e. The van der Waals surface area contributed by atoms with Crippen molar-refractivity contribution < 1.29 is 17.9 Å². The lowest BCUT2D eigenvalue weighted by atomic mass is 10.3. The van der Waals surface area contributed by atoms with Crippen molar-refractivity contribution in [3.8, 4) is 11.5 Å². The van der Waals surface area contributed by atoms with Gasteiger partial charge in [-0.1, -0.05) is 0 Å². The number of hydrogen-bond donors (Lipinski definition) is 2. The van der Waals surface area contributed by atoms with Gasteiger partial charge in [-0.15, -0.1) is 0 Å². The van der Waals surface area contributed by atoms with Crippen LogP contribution in [0.4, 0.5) is 11.5 Å². The fourth-order valence-corrected chi connectivity index (χ4v) is 3.28. The van der Waals surface area contributed by atoms with E-state index in [2.05, 4.69) is 19.9 Å². The van der Waals surface area contributed by atoms with Crippen molar-refractivity contribution in [2.45, 2.75) is 4.90 Å². The van der Waals surface area contributed by atoms with E-state index in [4.69, 9.17) is 9.47 Å². The zero-order chi connectivity index (χ0) is 17.9. The molecule has 0 atom stereocenters. The molecule has 2 aromatic rings. The predicted octanol–water partition coefficient (Wildman–Crippen LogP) is 1.58. The maximum atomic E-state index is 12.5. The summed E-state index contributed by atoms with van der Waals surface area (Å²) >= 11 is 0. The van der Waals surface area contributed by atoms with Crippen LogP contribution < -0.4 is 19.5 Å². The molecule has 2 N–H and O–H groups in total. The topological polar surface area (TPSA) is 92.8 Å². The molecule has 0 fully saturated rings. The van der Waals surface area contributed by atoms with Gasteiger partial charge >= 0.3 is 0 Å². The summed E-state index contributed by atoms with van der Waals surface area (Å²) in [7, 11) is 0.250. The van der Waals surface area contributed by atoms with E-state index in [1.165, 1.54) is 18.3 Å². The van der Waals surface area contributed by atoms with E-state index < -0.39 is 10.0 Å². The van der Waals surface area contributed by atoms with Crippen LogP contribution in [0, 0.1) is 0 Å². The molecule has 1 aromatic carbocycles. The highest BCUT2D eigenvalue weighted by Crippen LogP contribution is 2.34. The number of sulfonamides is 1. The number of nitrogens with zero attached hydrogens (tertiary/aromatic N) is 2. The summed E-state index contributed by atoms with van der Waals surface area (Å²) in [4.78, 5) is 6.37. The van der Waals surface area contributed by atoms with Gasteiger partial charge in [0.25, 0.3) is 10.0 Å². The van der Waals surface area contributed by atoms with Gasteiger partial charge in [-0.05, 0) is 38.4 Å². The molecule has 9 heteroatoms. The maximum Gasteiger partial charge on any atom is 0.262 e. The number of nitrogens with one attached hydrogen (secondary N) is 2. The molecule has 134 valence electrons. The second kappa shape index (κ2) is 7.16. The summed E-state index contributed by atoms with van der Waals surface area (Å²) in [5, 5.41) is 3.17. The van der Waals surface area contributed by atoms with Gasteiger partial charge in [0.15, 0.2) is 11.5 Å². The van der Waals surface area contributed by atoms with E-state index in [1.54, 1.807) is 18.2 Å². The van der Waals surface area contributed by atoms with Crippen molar-refractivity contribution in [3.05, 3.63) is 36.5 Å². The minimum absolute atomic E-state index is 0.0957. The molecule has 0 amide bonds. The molecule has 0 aliphatic carbocycles. The maximum absolute atomic E-state index is 12.5. The van der Waals surface area contributed by atoms with Gasteiger partial charge in [0.2, 0.25) is 6.79 Å². The Kier molecular flexibility index (Phi) is 4.95. The number of aromatic nitrogens is 1. The first-order valence-electron chi connectivity index (χ1n) is 7.71. The summed E-state index contributed by atoms with van der Waals surface area (Å²) in [5.41, 5.74) is 0.385. The number of likely N-dealkylation sites (N-methyl/N-ethyl adjacent to an activating group) is 1. The Bertz CT molecular complexity index is 838. The summed E-state index contributed by atoms with van der Waals surface area (Å²) in [6.45, 7) is 1.72. The minimum atomic E-state index is -3.73. The van der Waals surface area contributed by atoms with E-state index in [9.17, 15) is 8.42 Å². The number of ether oxygens (including phenoxy) is 2. The van der Waals surface area contributed by atoms with E-state index in [0.29, 0.717) is 23.0 Å². The van der Waals surface area contributed by atoms with Gasteiger partial charge < -0.3 is 19.7 Å². The average Bonchev–Trinajstić information content (AvgIpc) is 3.03. The molecular formula is C16H20N4O4S. The number of hydrogen-bond acceptors (Lipinski definition) is 7. The minimum Gasteiger partial charge on any atom is -0.454 e. The van der Waals surface area contributed by atoms with Crippen molar-refractivity contribution in [2.24, 2.45) is 0 Å². The number of rotatable bonds is 7.